The summed E-state index contributed by atoms with van der Waals surface area (Å²) in [6.45, 7) is 3.33. The van der Waals surface area contributed by atoms with Gasteiger partial charge in [-0.2, -0.15) is 0 Å². The van der Waals surface area contributed by atoms with E-state index in [0.29, 0.717) is 0 Å². The molecule has 1 rings (SSSR count). The Bertz CT molecular complexity index is 422. The summed E-state index contributed by atoms with van der Waals surface area (Å²) in [4.78, 5) is 23.4. The summed E-state index contributed by atoms with van der Waals surface area (Å²) in [6.07, 6.45) is 0. The van der Waals surface area contributed by atoms with Gasteiger partial charge in [-0.05, 0) is 19.9 Å². The number of anilines is 1. The van der Waals surface area contributed by atoms with E-state index in [1.807, 2.05) is 0 Å². The van der Waals surface area contributed by atoms with Crippen LogP contribution in [0.1, 0.15) is 25.5 Å². The molecule has 0 radical (unpaired) electrons. The predicted octanol–water partition coefficient (Wildman–Crippen LogP) is 1.18. The molecule has 1 N–H and O–H groups in total. The number of carbonyl (C=O) groups excluding carboxylic acids is 2. The zero-order valence-electron chi connectivity index (χ0n) is 10.5. The number of esters is 2. The van der Waals surface area contributed by atoms with Gasteiger partial charge in [0.05, 0.1) is 13.2 Å². The van der Waals surface area contributed by atoms with E-state index in [1.165, 1.54) is 6.07 Å². The lowest BCUT2D eigenvalue weighted by Gasteiger charge is -2.17. The van der Waals surface area contributed by atoms with E-state index in [-0.39, 0.29) is 19.0 Å². The lowest BCUT2D eigenvalue weighted by molar-refractivity contribution is -0.157. The minimum atomic E-state index is -1.42. The van der Waals surface area contributed by atoms with Crippen molar-refractivity contribution >= 4 is 17.8 Å². The predicted molar refractivity (Wildman–Crippen MR) is 62.3 cm³/mol. The third-order valence-corrected chi connectivity index (χ3v) is 2.13. The van der Waals surface area contributed by atoms with Crippen molar-refractivity contribution < 1.29 is 28.7 Å². The van der Waals surface area contributed by atoms with Gasteiger partial charge < -0.3 is 19.1 Å². The van der Waals surface area contributed by atoms with Crippen LogP contribution in [-0.2, 0) is 19.1 Å². The van der Waals surface area contributed by atoms with E-state index in [1.54, 1.807) is 13.8 Å². The lowest BCUT2D eigenvalue weighted by Crippen LogP contribution is -2.25. The van der Waals surface area contributed by atoms with Gasteiger partial charge in [-0.1, -0.05) is 0 Å². The molecular weight excluding hydrogens is 258 g/mol. The molecule has 0 amide bonds. The van der Waals surface area contributed by atoms with Crippen molar-refractivity contribution in [3.63, 3.8) is 0 Å². The molecule has 0 aliphatic rings. The van der Waals surface area contributed by atoms with Crippen LogP contribution in [0.15, 0.2) is 16.5 Å². The Morgan fingerprint density at radius 3 is 2.21 bits per heavy atom. The molecule has 0 spiro atoms. The van der Waals surface area contributed by atoms with Crippen LogP contribution >= 0.6 is 0 Å². The van der Waals surface area contributed by atoms with Gasteiger partial charge in [-0.3, -0.25) is 20.0 Å². The maximum absolute atomic E-state index is 11.7. The minimum absolute atomic E-state index is 0.0793. The zero-order valence-corrected chi connectivity index (χ0v) is 10.5. The highest BCUT2D eigenvalue weighted by Crippen LogP contribution is 2.25. The quantitative estimate of drug-likeness (QED) is 0.466. The molecule has 1 aromatic rings. The van der Waals surface area contributed by atoms with E-state index >= 15 is 0 Å². The van der Waals surface area contributed by atoms with E-state index in [9.17, 15) is 14.8 Å². The van der Waals surface area contributed by atoms with Gasteiger partial charge in [0.2, 0.25) is 11.8 Å². The molecule has 19 heavy (non-hydrogen) atoms. The second-order valence-electron chi connectivity index (χ2n) is 3.39. The van der Waals surface area contributed by atoms with Crippen molar-refractivity contribution in [1.29, 1.82) is 0 Å². The first-order valence-corrected chi connectivity index (χ1v) is 5.60. The standard InChI is InChI=1S/C11H14NO7/c1-3-17-10(13)9(11(14)18-4-2)7-5-6-8(19-7)12(15)16/h5-6,9,15H,3-4H2,1-2H3/q-1. The van der Waals surface area contributed by atoms with E-state index in [2.05, 4.69) is 0 Å². The fourth-order valence-electron chi connectivity index (χ4n) is 1.38. The number of furan rings is 1. The van der Waals surface area contributed by atoms with Gasteiger partial charge in [0.25, 0.3) is 0 Å². The fourth-order valence-corrected chi connectivity index (χ4v) is 1.38. The Morgan fingerprint density at radius 1 is 1.32 bits per heavy atom. The lowest BCUT2D eigenvalue weighted by atomic mass is 10.1. The number of ether oxygens (including phenoxy) is 2. The summed E-state index contributed by atoms with van der Waals surface area (Å²) in [5.74, 6) is -3.71. The first kappa shape index (κ1) is 15.0. The molecule has 106 valence electrons. The summed E-state index contributed by atoms with van der Waals surface area (Å²) < 4.78 is 14.4. The van der Waals surface area contributed by atoms with Crippen LogP contribution in [0.4, 0.5) is 5.88 Å². The molecule has 8 nitrogen and oxygen atoms in total. The molecule has 0 fully saturated rings. The molecule has 0 bridgehead atoms. The second-order valence-corrected chi connectivity index (χ2v) is 3.39. The summed E-state index contributed by atoms with van der Waals surface area (Å²) in [7, 11) is 0. The van der Waals surface area contributed by atoms with E-state index < -0.39 is 29.0 Å². The molecule has 0 saturated carbocycles. The van der Waals surface area contributed by atoms with Crippen LogP contribution in [0, 0.1) is 5.21 Å². The summed E-state index contributed by atoms with van der Waals surface area (Å²) in [5, 5.41) is 18.8. The van der Waals surface area contributed by atoms with Crippen LogP contribution in [0.3, 0.4) is 0 Å². The highest BCUT2D eigenvalue weighted by atomic mass is 16.8. The van der Waals surface area contributed by atoms with Gasteiger partial charge in [0, 0.05) is 6.07 Å². The highest BCUT2D eigenvalue weighted by molar-refractivity contribution is 6.00. The topological polar surface area (TPSA) is 112 Å². The van der Waals surface area contributed by atoms with Crippen molar-refractivity contribution in [1.82, 2.24) is 0 Å². The van der Waals surface area contributed by atoms with Crippen molar-refractivity contribution in [3.8, 4) is 0 Å². The maximum atomic E-state index is 11.7. The molecule has 0 atom stereocenters. The van der Waals surface area contributed by atoms with Crippen LogP contribution in [-0.4, -0.2) is 30.4 Å². The Balaban J connectivity index is 3.00. The maximum Gasteiger partial charge on any atom is 0.328 e. The molecule has 1 aromatic heterocycles. The fraction of sp³-hybridized carbons (Fsp3) is 0.455. The van der Waals surface area contributed by atoms with Gasteiger partial charge in [-0.25, -0.2) is 0 Å². The van der Waals surface area contributed by atoms with Crippen LogP contribution in [0.25, 0.3) is 0 Å². The van der Waals surface area contributed by atoms with E-state index in [0.717, 1.165) is 6.07 Å². The van der Waals surface area contributed by atoms with Gasteiger partial charge in [0.15, 0.2) is 0 Å². The smallest absolute Gasteiger partial charge is 0.328 e. The molecule has 0 saturated heterocycles. The molecule has 8 heteroatoms. The average molecular weight is 272 g/mol. The van der Waals surface area contributed by atoms with Crippen LogP contribution < -0.4 is 5.23 Å². The Hall–Kier alpha value is -2.06. The first-order chi connectivity index (χ1) is 9.01. The molecule has 1 heterocycles. The van der Waals surface area contributed by atoms with Crippen LogP contribution in [0.2, 0.25) is 0 Å². The van der Waals surface area contributed by atoms with Gasteiger partial charge in [-0.15, -0.1) is 0 Å². The average Bonchev–Trinajstić information content (AvgIpc) is 2.79. The third-order valence-electron chi connectivity index (χ3n) is 2.13. The number of rotatable bonds is 6. The Labute approximate surface area is 109 Å². The molecule has 0 aliphatic heterocycles. The molecule has 0 aromatic carbocycles. The summed E-state index contributed by atoms with van der Waals surface area (Å²) >= 11 is 0. The van der Waals surface area contributed by atoms with Crippen LogP contribution in [0.5, 0.6) is 0 Å². The Kier molecular flexibility index (Phi) is 5.34. The minimum Gasteiger partial charge on any atom is -0.731 e. The number of hydrogen-bond acceptors (Lipinski definition) is 8. The van der Waals surface area contributed by atoms with Crippen molar-refractivity contribution in [2.24, 2.45) is 0 Å². The van der Waals surface area contributed by atoms with Crippen molar-refractivity contribution in [2.75, 3.05) is 18.4 Å². The number of hydrogen-bond donors (Lipinski definition) is 1. The second kappa shape index (κ2) is 6.76. The van der Waals surface area contributed by atoms with Gasteiger partial charge in [0.1, 0.15) is 5.76 Å². The molecular formula is C11H14NO7-. The van der Waals surface area contributed by atoms with E-state index in [4.69, 9.17) is 19.1 Å². The first-order valence-electron chi connectivity index (χ1n) is 5.60. The summed E-state index contributed by atoms with van der Waals surface area (Å²) in [5.41, 5.74) is 0. The van der Waals surface area contributed by atoms with Crippen molar-refractivity contribution in [2.45, 2.75) is 19.8 Å². The molecule has 0 unspecified atom stereocenters. The Morgan fingerprint density at radius 2 is 1.84 bits per heavy atom. The highest BCUT2D eigenvalue weighted by Gasteiger charge is 2.34. The van der Waals surface area contributed by atoms with Crippen molar-refractivity contribution in [3.05, 3.63) is 23.1 Å². The number of carbonyl (C=O) groups is 2. The SMILES string of the molecule is CCOC(=O)C(C(=O)OCC)c1ccc(N([O-])O)o1. The largest absolute Gasteiger partial charge is 0.731 e. The number of nitrogens with zero attached hydrogens (tertiary/aromatic N) is 1. The third kappa shape index (κ3) is 3.70. The summed E-state index contributed by atoms with van der Waals surface area (Å²) in [6, 6.07) is 2.34. The van der Waals surface area contributed by atoms with Gasteiger partial charge >= 0.3 is 11.9 Å². The zero-order chi connectivity index (χ0) is 14.4. The monoisotopic (exact) mass is 272 g/mol. The normalized spacial score (nSPS) is 10.4. The molecule has 0 aliphatic carbocycles.